The number of hydrogen-bond acceptors (Lipinski definition) is 4. The first kappa shape index (κ1) is 41.9. The first-order valence-corrected chi connectivity index (χ1v) is 19.3. The van der Waals surface area contributed by atoms with E-state index in [-0.39, 0.29) is 17.9 Å². The zero-order valence-electron chi connectivity index (χ0n) is 29.9. The summed E-state index contributed by atoms with van der Waals surface area (Å²) in [5.74, 6) is 0.0148. The van der Waals surface area contributed by atoms with E-state index < -0.39 is 6.10 Å². The molecule has 0 heterocycles. The summed E-state index contributed by atoms with van der Waals surface area (Å²) in [6, 6.07) is 0. The van der Waals surface area contributed by atoms with Crippen molar-refractivity contribution in [2.75, 3.05) is 6.61 Å². The molecule has 43 heavy (non-hydrogen) atoms. The molecule has 0 saturated carbocycles. The van der Waals surface area contributed by atoms with Crippen molar-refractivity contribution >= 4 is 11.9 Å². The van der Waals surface area contributed by atoms with Crippen molar-refractivity contribution in [3.63, 3.8) is 0 Å². The molecule has 0 aromatic carbocycles. The highest BCUT2D eigenvalue weighted by atomic mass is 16.6. The lowest BCUT2D eigenvalue weighted by atomic mass is 9.99. The van der Waals surface area contributed by atoms with Gasteiger partial charge >= 0.3 is 11.9 Å². The van der Waals surface area contributed by atoms with Gasteiger partial charge in [-0.05, 0) is 25.2 Å². The van der Waals surface area contributed by atoms with E-state index in [2.05, 4.69) is 20.8 Å². The van der Waals surface area contributed by atoms with Crippen molar-refractivity contribution in [3.05, 3.63) is 0 Å². The lowest BCUT2D eigenvalue weighted by molar-refractivity contribution is -0.170. The van der Waals surface area contributed by atoms with Crippen LogP contribution in [-0.2, 0) is 19.1 Å². The molecular formula is C39H76O4. The molecule has 4 nitrogen and oxygen atoms in total. The van der Waals surface area contributed by atoms with Crippen LogP contribution in [0.15, 0.2) is 0 Å². The van der Waals surface area contributed by atoms with E-state index in [0.717, 1.165) is 31.6 Å². The molecule has 0 radical (unpaired) electrons. The van der Waals surface area contributed by atoms with Gasteiger partial charge < -0.3 is 9.47 Å². The van der Waals surface area contributed by atoms with Gasteiger partial charge in [-0.3, -0.25) is 4.79 Å². The lowest BCUT2D eigenvalue weighted by Gasteiger charge is -2.18. The number of hydrogen-bond donors (Lipinski definition) is 0. The number of ether oxygens (including phenoxy) is 2. The van der Waals surface area contributed by atoms with Crippen LogP contribution >= 0.6 is 0 Å². The third kappa shape index (κ3) is 29.4. The van der Waals surface area contributed by atoms with Gasteiger partial charge in [-0.15, -0.1) is 0 Å². The summed E-state index contributed by atoms with van der Waals surface area (Å²) in [7, 11) is 0. The first-order valence-electron chi connectivity index (χ1n) is 19.3. The fourth-order valence-electron chi connectivity index (χ4n) is 5.68. The lowest BCUT2D eigenvalue weighted by Crippen LogP contribution is -2.31. The second-order valence-electron chi connectivity index (χ2n) is 13.8. The zero-order valence-corrected chi connectivity index (χ0v) is 29.9. The summed E-state index contributed by atoms with van der Waals surface area (Å²) in [6.07, 6.45) is 34.9. The molecule has 256 valence electrons. The fourth-order valence-corrected chi connectivity index (χ4v) is 5.68. The molecule has 0 aromatic heterocycles. The maximum Gasteiger partial charge on any atom is 0.347 e. The molecule has 0 saturated heterocycles. The molecule has 2 unspecified atom stereocenters. The third-order valence-corrected chi connectivity index (χ3v) is 9.10. The van der Waals surface area contributed by atoms with Gasteiger partial charge in [-0.25, -0.2) is 4.79 Å². The van der Waals surface area contributed by atoms with E-state index in [1.54, 1.807) is 0 Å². The second-order valence-corrected chi connectivity index (χ2v) is 13.8. The molecule has 2 atom stereocenters. The number of esters is 2. The quantitative estimate of drug-likeness (QED) is 0.0549. The van der Waals surface area contributed by atoms with Crippen molar-refractivity contribution in [1.29, 1.82) is 0 Å². The molecule has 0 N–H and O–H groups in total. The van der Waals surface area contributed by atoms with E-state index in [9.17, 15) is 9.59 Å². The minimum atomic E-state index is -0.747. The molecule has 0 bridgehead atoms. The normalized spacial score (nSPS) is 12.9. The molecule has 0 spiro atoms. The number of carbonyl (C=O) groups excluding carboxylic acids is 2. The Bertz CT molecular complexity index is 602. The highest BCUT2D eigenvalue weighted by Gasteiger charge is 2.25. The van der Waals surface area contributed by atoms with E-state index in [4.69, 9.17) is 9.47 Å². The van der Waals surface area contributed by atoms with Gasteiger partial charge in [0.05, 0.1) is 12.5 Å². The molecular weight excluding hydrogens is 532 g/mol. The Morgan fingerprint density at radius 1 is 0.465 bits per heavy atom. The Labute approximate surface area is 269 Å². The topological polar surface area (TPSA) is 52.6 Å². The van der Waals surface area contributed by atoms with Gasteiger partial charge in [0, 0.05) is 0 Å². The summed E-state index contributed by atoms with van der Waals surface area (Å²) >= 11 is 0. The van der Waals surface area contributed by atoms with Crippen LogP contribution in [-0.4, -0.2) is 24.6 Å². The minimum absolute atomic E-state index is 0.234. The molecule has 0 aliphatic carbocycles. The molecule has 0 aliphatic heterocycles. The fraction of sp³-hybridized carbons (Fsp3) is 0.949. The smallest absolute Gasteiger partial charge is 0.347 e. The van der Waals surface area contributed by atoms with Crippen molar-refractivity contribution in [2.24, 2.45) is 11.8 Å². The third-order valence-electron chi connectivity index (χ3n) is 9.10. The van der Waals surface area contributed by atoms with Crippen LogP contribution in [0.3, 0.4) is 0 Å². The summed E-state index contributed by atoms with van der Waals surface area (Å²) in [5, 5.41) is 0. The molecule has 0 rings (SSSR count). The van der Waals surface area contributed by atoms with Gasteiger partial charge in [-0.2, -0.15) is 0 Å². The summed E-state index contributed by atoms with van der Waals surface area (Å²) in [6.45, 7) is 11.0. The van der Waals surface area contributed by atoms with Gasteiger partial charge in [-0.1, -0.05) is 195 Å². The predicted octanol–water partition coefficient (Wildman–Crippen LogP) is 12.7. The van der Waals surface area contributed by atoms with E-state index in [1.165, 1.54) is 148 Å². The average molecular weight is 609 g/mol. The van der Waals surface area contributed by atoms with Crippen LogP contribution < -0.4 is 0 Å². The van der Waals surface area contributed by atoms with Gasteiger partial charge in [0.1, 0.15) is 0 Å². The van der Waals surface area contributed by atoms with E-state index in [1.807, 2.05) is 13.8 Å². The SMILES string of the molecule is CCCCCCCCCCCCC(OC(=O)C(C)C)C(=O)OCCCCCCCCCCCCCCCCCC(C)CC. The molecule has 0 aromatic rings. The number of rotatable bonds is 33. The van der Waals surface area contributed by atoms with Crippen LogP contribution in [0.1, 0.15) is 214 Å². The molecule has 0 fully saturated rings. The minimum Gasteiger partial charge on any atom is -0.463 e. The Kier molecular flexibility index (Phi) is 31.5. The first-order chi connectivity index (χ1) is 20.9. The highest BCUT2D eigenvalue weighted by Crippen LogP contribution is 2.17. The van der Waals surface area contributed by atoms with Gasteiger partial charge in [0.25, 0.3) is 0 Å². The Balaban J connectivity index is 3.75. The second kappa shape index (κ2) is 32.3. The maximum absolute atomic E-state index is 12.7. The van der Waals surface area contributed by atoms with E-state index in [0.29, 0.717) is 13.0 Å². The van der Waals surface area contributed by atoms with E-state index >= 15 is 0 Å². The summed E-state index contributed by atoms with van der Waals surface area (Å²) in [4.78, 5) is 24.9. The van der Waals surface area contributed by atoms with Gasteiger partial charge in [0.15, 0.2) is 6.10 Å². The largest absolute Gasteiger partial charge is 0.463 e. The zero-order chi connectivity index (χ0) is 31.8. The average Bonchev–Trinajstić information content (AvgIpc) is 3.00. The van der Waals surface area contributed by atoms with Crippen molar-refractivity contribution in [1.82, 2.24) is 0 Å². The maximum atomic E-state index is 12.7. The van der Waals surface area contributed by atoms with Crippen LogP contribution in [0.4, 0.5) is 0 Å². The van der Waals surface area contributed by atoms with Crippen molar-refractivity contribution < 1.29 is 19.1 Å². The highest BCUT2D eigenvalue weighted by molar-refractivity contribution is 5.80. The number of carbonyl (C=O) groups is 2. The van der Waals surface area contributed by atoms with Crippen molar-refractivity contribution in [2.45, 2.75) is 221 Å². The number of unbranched alkanes of at least 4 members (excludes halogenated alkanes) is 23. The molecule has 4 heteroatoms. The Hall–Kier alpha value is -1.06. The monoisotopic (exact) mass is 609 g/mol. The van der Waals surface area contributed by atoms with Crippen LogP contribution in [0.2, 0.25) is 0 Å². The predicted molar refractivity (Wildman–Crippen MR) is 185 cm³/mol. The Morgan fingerprint density at radius 3 is 1.23 bits per heavy atom. The van der Waals surface area contributed by atoms with Crippen LogP contribution in [0, 0.1) is 11.8 Å². The van der Waals surface area contributed by atoms with Crippen LogP contribution in [0.5, 0.6) is 0 Å². The molecule has 0 aliphatic rings. The Morgan fingerprint density at radius 2 is 0.837 bits per heavy atom. The van der Waals surface area contributed by atoms with Gasteiger partial charge in [0.2, 0.25) is 0 Å². The standard InChI is InChI=1S/C39H76O4/c1-6-8-9-10-11-12-21-24-27-30-33-37(43-38(40)35(3)4)39(41)42-34-31-28-25-22-19-17-15-13-14-16-18-20-23-26-29-32-36(5)7-2/h35-37H,6-34H2,1-5H3. The van der Waals surface area contributed by atoms with Crippen LogP contribution in [0.25, 0.3) is 0 Å². The molecule has 0 amide bonds. The summed E-state index contributed by atoms with van der Waals surface area (Å²) in [5.41, 5.74) is 0. The summed E-state index contributed by atoms with van der Waals surface area (Å²) < 4.78 is 11.1. The van der Waals surface area contributed by atoms with Crippen molar-refractivity contribution in [3.8, 4) is 0 Å².